The predicted octanol–water partition coefficient (Wildman–Crippen LogP) is 5.61. The molecule has 0 amide bonds. The third-order valence-corrected chi connectivity index (χ3v) is 6.78. The molecule has 1 aromatic carbocycles. The van der Waals surface area contributed by atoms with Gasteiger partial charge in [-0.1, -0.05) is 6.07 Å². The fraction of sp³-hybridized carbons (Fsp3) is 0.259. The van der Waals surface area contributed by atoms with Crippen molar-refractivity contribution in [2.45, 2.75) is 34.1 Å². The lowest BCUT2D eigenvalue weighted by Gasteiger charge is -2.05. The quantitative estimate of drug-likeness (QED) is 0.106. The van der Waals surface area contributed by atoms with Crippen LogP contribution in [0.25, 0.3) is 17.4 Å². The SMILES string of the molecule is CCOC(=O)c1sc(CC(=O)C(C#N)=Cc2ccc(-c3cc([N+](=O)[O-])ccc3C)o2)c(C(=O)OCC)c1C. The van der Waals surface area contributed by atoms with E-state index < -0.39 is 22.6 Å². The Morgan fingerprint density at radius 3 is 2.42 bits per heavy atom. The Hall–Kier alpha value is -4.56. The third-order valence-electron chi connectivity index (χ3n) is 5.51. The van der Waals surface area contributed by atoms with Crippen molar-refractivity contribution < 1.29 is 33.2 Å². The molecule has 3 aromatic rings. The van der Waals surface area contributed by atoms with E-state index in [2.05, 4.69) is 0 Å². The molecule has 0 radical (unpaired) electrons. The zero-order valence-electron chi connectivity index (χ0n) is 21.2. The van der Waals surface area contributed by atoms with Crippen molar-refractivity contribution in [2.24, 2.45) is 0 Å². The minimum absolute atomic E-state index is 0.0992. The number of nitrogens with zero attached hydrogens (tertiary/aromatic N) is 2. The first-order chi connectivity index (χ1) is 18.1. The van der Waals surface area contributed by atoms with Crippen LogP contribution in [0, 0.1) is 35.3 Å². The lowest BCUT2D eigenvalue weighted by molar-refractivity contribution is -0.384. The van der Waals surface area contributed by atoms with E-state index in [1.807, 2.05) is 6.07 Å². The number of carbonyl (C=O) groups excluding carboxylic acids is 3. The fourth-order valence-electron chi connectivity index (χ4n) is 3.68. The fourth-order valence-corrected chi connectivity index (χ4v) is 4.87. The van der Waals surface area contributed by atoms with Crippen molar-refractivity contribution in [3.63, 3.8) is 0 Å². The van der Waals surface area contributed by atoms with Crippen molar-refractivity contribution in [1.29, 1.82) is 5.26 Å². The first kappa shape index (κ1) is 28.0. The number of hydrogen-bond donors (Lipinski definition) is 0. The molecule has 3 rings (SSSR count). The molecule has 196 valence electrons. The molecule has 0 aliphatic heterocycles. The summed E-state index contributed by atoms with van der Waals surface area (Å²) in [6.07, 6.45) is 0.936. The summed E-state index contributed by atoms with van der Waals surface area (Å²) in [7, 11) is 0. The van der Waals surface area contributed by atoms with Gasteiger partial charge in [0, 0.05) is 35.1 Å². The molecule has 0 aliphatic rings. The van der Waals surface area contributed by atoms with Crippen LogP contribution in [-0.2, 0) is 20.7 Å². The molecule has 0 saturated carbocycles. The second kappa shape index (κ2) is 12.1. The molecular formula is C27H24N2O8S. The number of thiophene rings is 1. The molecule has 2 aromatic heterocycles. The zero-order valence-corrected chi connectivity index (χ0v) is 22.0. The number of aryl methyl sites for hydroxylation is 1. The molecule has 10 nitrogen and oxygen atoms in total. The number of nitriles is 1. The average molecular weight is 537 g/mol. The van der Waals surface area contributed by atoms with Gasteiger partial charge in [-0.25, -0.2) is 9.59 Å². The van der Waals surface area contributed by atoms with Crippen LogP contribution in [0.1, 0.15) is 55.6 Å². The van der Waals surface area contributed by atoms with Crippen LogP contribution in [0.15, 0.2) is 40.3 Å². The summed E-state index contributed by atoms with van der Waals surface area (Å²) in [6, 6.07) is 9.35. The molecule has 11 heteroatoms. The van der Waals surface area contributed by atoms with Gasteiger partial charge in [0.2, 0.25) is 0 Å². The number of nitro benzene ring substituents is 1. The Labute approximate surface area is 222 Å². The Balaban J connectivity index is 1.93. The zero-order chi connectivity index (χ0) is 28.0. The molecular weight excluding hydrogens is 512 g/mol. The first-order valence-corrected chi connectivity index (χ1v) is 12.4. The summed E-state index contributed by atoms with van der Waals surface area (Å²) in [5.41, 5.74) is 1.36. The lowest BCUT2D eigenvalue weighted by atomic mass is 10.0. The van der Waals surface area contributed by atoms with Crippen molar-refractivity contribution in [1.82, 2.24) is 0 Å². The highest BCUT2D eigenvalue weighted by Gasteiger charge is 2.28. The normalized spacial score (nSPS) is 11.1. The molecule has 0 unspecified atom stereocenters. The summed E-state index contributed by atoms with van der Waals surface area (Å²) >= 11 is 0.946. The summed E-state index contributed by atoms with van der Waals surface area (Å²) in [4.78, 5) is 49.1. The van der Waals surface area contributed by atoms with Gasteiger partial charge < -0.3 is 13.9 Å². The van der Waals surface area contributed by atoms with Crippen molar-refractivity contribution in [3.8, 4) is 17.4 Å². The number of non-ortho nitro benzene ring substituents is 1. The van der Waals surface area contributed by atoms with Crippen molar-refractivity contribution in [2.75, 3.05) is 13.2 Å². The molecule has 38 heavy (non-hydrogen) atoms. The molecule has 0 N–H and O–H groups in total. The summed E-state index contributed by atoms with van der Waals surface area (Å²) in [6.45, 7) is 6.88. The van der Waals surface area contributed by atoms with Crippen LogP contribution in [0.2, 0.25) is 0 Å². The second-order valence-electron chi connectivity index (χ2n) is 8.02. The Morgan fingerprint density at radius 1 is 1.11 bits per heavy atom. The van der Waals surface area contributed by atoms with Crippen LogP contribution in [-0.4, -0.2) is 35.9 Å². The van der Waals surface area contributed by atoms with Gasteiger partial charge in [-0.3, -0.25) is 14.9 Å². The van der Waals surface area contributed by atoms with Crippen molar-refractivity contribution in [3.05, 3.63) is 78.2 Å². The number of Topliss-reactive ketones (excluding diaryl/α,β-unsaturated/α-hetero) is 1. The third kappa shape index (κ3) is 6.04. The molecule has 0 atom stereocenters. The van der Waals surface area contributed by atoms with E-state index in [9.17, 15) is 29.8 Å². The Bertz CT molecular complexity index is 1490. The Morgan fingerprint density at radius 2 is 1.79 bits per heavy atom. The van der Waals surface area contributed by atoms with Crippen LogP contribution in [0.3, 0.4) is 0 Å². The van der Waals surface area contributed by atoms with Gasteiger partial charge in [0.25, 0.3) is 5.69 Å². The number of benzene rings is 1. The van der Waals surface area contributed by atoms with E-state index in [1.54, 1.807) is 39.8 Å². The number of ether oxygens (including phenoxy) is 2. The topological polar surface area (TPSA) is 150 Å². The van der Waals surface area contributed by atoms with Crippen LogP contribution in [0.4, 0.5) is 5.69 Å². The average Bonchev–Trinajstić information content (AvgIpc) is 3.47. The van der Waals surface area contributed by atoms with E-state index in [-0.39, 0.29) is 52.0 Å². The molecule has 0 spiro atoms. The highest BCUT2D eigenvalue weighted by atomic mass is 32.1. The first-order valence-electron chi connectivity index (χ1n) is 11.6. The number of furan rings is 1. The molecule has 0 bridgehead atoms. The maximum atomic E-state index is 13.1. The maximum Gasteiger partial charge on any atom is 0.348 e. The smallest absolute Gasteiger partial charge is 0.348 e. The molecule has 0 fully saturated rings. The van der Waals surface area contributed by atoms with Gasteiger partial charge in [-0.05, 0) is 51.0 Å². The van der Waals surface area contributed by atoms with E-state index >= 15 is 0 Å². The largest absolute Gasteiger partial charge is 0.462 e. The van der Waals surface area contributed by atoms with Crippen molar-refractivity contribution >= 4 is 40.8 Å². The van der Waals surface area contributed by atoms with Gasteiger partial charge in [-0.2, -0.15) is 5.26 Å². The van der Waals surface area contributed by atoms with E-state index in [0.29, 0.717) is 16.9 Å². The second-order valence-corrected chi connectivity index (χ2v) is 9.13. The number of allylic oxidation sites excluding steroid dienone is 1. The van der Waals surface area contributed by atoms with Crippen LogP contribution >= 0.6 is 11.3 Å². The van der Waals surface area contributed by atoms with E-state index in [4.69, 9.17) is 13.9 Å². The van der Waals surface area contributed by atoms with Gasteiger partial charge >= 0.3 is 11.9 Å². The summed E-state index contributed by atoms with van der Waals surface area (Å²) < 4.78 is 15.9. The number of esters is 2. The van der Waals surface area contributed by atoms with Gasteiger partial charge in [0.1, 0.15) is 22.5 Å². The minimum atomic E-state index is -0.676. The van der Waals surface area contributed by atoms with Gasteiger partial charge in [-0.15, -0.1) is 11.3 Å². The van der Waals surface area contributed by atoms with Gasteiger partial charge in [0.05, 0.1) is 29.3 Å². The standard InChI is InChI=1S/C27H24N2O8S/c1-5-35-26(31)24-16(4)25(27(32)36-6-2)38-23(24)13-21(30)17(14-28)11-19-9-10-22(37-19)20-12-18(29(33)34)8-7-15(20)3/h7-12H,5-6,13H2,1-4H3. The number of ketones is 1. The van der Waals surface area contributed by atoms with E-state index in [1.165, 1.54) is 24.3 Å². The Kier molecular flexibility index (Phi) is 8.94. The minimum Gasteiger partial charge on any atom is -0.462 e. The number of rotatable bonds is 10. The monoisotopic (exact) mass is 536 g/mol. The number of nitro groups is 1. The van der Waals surface area contributed by atoms with Gasteiger partial charge in [0.15, 0.2) is 5.78 Å². The van der Waals surface area contributed by atoms with Crippen LogP contribution < -0.4 is 0 Å². The lowest BCUT2D eigenvalue weighted by Crippen LogP contribution is -2.12. The molecule has 2 heterocycles. The summed E-state index contributed by atoms with van der Waals surface area (Å²) in [5.74, 6) is -1.37. The summed E-state index contributed by atoms with van der Waals surface area (Å²) in [5, 5.41) is 20.8. The maximum absolute atomic E-state index is 13.1. The highest BCUT2D eigenvalue weighted by molar-refractivity contribution is 7.14. The predicted molar refractivity (Wildman–Crippen MR) is 139 cm³/mol. The number of hydrogen-bond acceptors (Lipinski definition) is 10. The number of carbonyl (C=O) groups is 3. The van der Waals surface area contributed by atoms with Crippen LogP contribution in [0.5, 0.6) is 0 Å². The highest BCUT2D eigenvalue weighted by Crippen LogP contribution is 2.32. The molecule has 0 saturated heterocycles. The van der Waals surface area contributed by atoms with E-state index in [0.717, 1.165) is 16.9 Å². The molecule has 0 aliphatic carbocycles.